The van der Waals surface area contributed by atoms with E-state index in [1.807, 2.05) is 0 Å². The number of benzene rings is 7. The number of aromatic nitrogens is 2. The first kappa shape index (κ1) is 22.1. The van der Waals surface area contributed by atoms with Gasteiger partial charge in [0.25, 0.3) is 0 Å². The Morgan fingerprint density at radius 3 is 1.24 bits per heavy atom. The van der Waals surface area contributed by atoms with Crippen molar-refractivity contribution in [3.05, 3.63) is 146 Å². The molecule has 0 saturated carbocycles. The van der Waals surface area contributed by atoms with Crippen LogP contribution < -0.4 is 0 Å². The lowest BCUT2D eigenvalue weighted by Crippen LogP contribution is -1.98. The van der Waals surface area contributed by atoms with Crippen LogP contribution in [-0.4, -0.2) is 9.13 Å². The van der Waals surface area contributed by atoms with Gasteiger partial charge in [-0.2, -0.15) is 0 Å². The molecule has 0 spiro atoms. The fraction of sp³-hybridized carbons (Fsp3) is 0. The summed E-state index contributed by atoms with van der Waals surface area (Å²) in [5.74, 6) is 0. The summed E-state index contributed by atoms with van der Waals surface area (Å²) in [5.41, 5.74) is 12.7. The average molecular weight is 533 g/mol. The van der Waals surface area contributed by atoms with Crippen molar-refractivity contribution in [3.8, 4) is 33.6 Å². The third kappa shape index (κ3) is 2.65. The molecule has 2 aromatic heterocycles. The van der Waals surface area contributed by atoms with E-state index >= 15 is 0 Å². The molecular formula is C40H24N2. The molecule has 0 bridgehead atoms. The molecule has 9 aromatic rings. The predicted molar refractivity (Wildman–Crippen MR) is 177 cm³/mol. The Hall–Kier alpha value is -5.60. The molecule has 7 aromatic carbocycles. The van der Waals surface area contributed by atoms with Crippen molar-refractivity contribution in [2.75, 3.05) is 0 Å². The van der Waals surface area contributed by atoms with E-state index in [0.29, 0.717) is 0 Å². The Bertz CT molecular complexity index is 2370. The van der Waals surface area contributed by atoms with Crippen LogP contribution in [0.3, 0.4) is 0 Å². The molecule has 10 rings (SSSR count). The second-order valence-electron chi connectivity index (χ2n) is 11.3. The molecule has 0 amide bonds. The summed E-state index contributed by atoms with van der Waals surface area (Å²) < 4.78 is 5.00. The SMILES string of the molecule is c1ccc(-n2c3ccccc3c3c4c5ccccc5n(-c5ccccc5)c4c4c(c32)-c2cccc3cccc-4c23)cc1. The first-order chi connectivity index (χ1) is 20.9. The van der Waals surface area contributed by atoms with Gasteiger partial charge in [0.05, 0.1) is 22.1 Å². The molecule has 0 fully saturated rings. The zero-order chi connectivity index (χ0) is 27.4. The third-order valence-electron chi connectivity index (χ3n) is 9.20. The number of hydrogen-bond donors (Lipinski definition) is 0. The number of hydrogen-bond acceptors (Lipinski definition) is 0. The fourth-order valence-electron chi connectivity index (χ4n) is 7.67. The van der Waals surface area contributed by atoms with Gasteiger partial charge in [-0.15, -0.1) is 0 Å². The molecule has 1 aliphatic carbocycles. The minimum Gasteiger partial charge on any atom is -0.309 e. The van der Waals surface area contributed by atoms with E-state index in [9.17, 15) is 0 Å². The second-order valence-corrected chi connectivity index (χ2v) is 11.3. The van der Waals surface area contributed by atoms with Crippen molar-refractivity contribution in [2.45, 2.75) is 0 Å². The number of nitrogens with zero attached hydrogens (tertiary/aromatic N) is 2. The molecule has 42 heavy (non-hydrogen) atoms. The first-order valence-electron chi connectivity index (χ1n) is 14.6. The highest BCUT2D eigenvalue weighted by Crippen LogP contribution is 2.57. The van der Waals surface area contributed by atoms with Crippen molar-refractivity contribution >= 4 is 54.4 Å². The summed E-state index contributed by atoms with van der Waals surface area (Å²) in [6, 6.07) is 53.2. The Morgan fingerprint density at radius 1 is 0.333 bits per heavy atom. The smallest absolute Gasteiger partial charge is 0.0633 e. The van der Waals surface area contributed by atoms with Gasteiger partial charge in [0.15, 0.2) is 0 Å². The van der Waals surface area contributed by atoms with Crippen molar-refractivity contribution < 1.29 is 0 Å². The molecule has 194 valence electrons. The number of rotatable bonds is 2. The maximum atomic E-state index is 2.50. The third-order valence-corrected chi connectivity index (χ3v) is 9.20. The zero-order valence-corrected chi connectivity index (χ0v) is 22.8. The molecule has 2 heterocycles. The van der Waals surface area contributed by atoms with Gasteiger partial charge in [0.2, 0.25) is 0 Å². The van der Waals surface area contributed by atoms with E-state index in [-0.39, 0.29) is 0 Å². The van der Waals surface area contributed by atoms with Crippen molar-refractivity contribution in [1.82, 2.24) is 9.13 Å². The highest BCUT2D eigenvalue weighted by molar-refractivity contribution is 6.38. The Morgan fingerprint density at radius 2 is 0.762 bits per heavy atom. The minimum atomic E-state index is 1.18. The zero-order valence-electron chi connectivity index (χ0n) is 22.8. The van der Waals surface area contributed by atoms with E-state index in [4.69, 9.17) is 0 Å². The molecular weight excluding hydrogens is 508 g/mol. The summed E-state index contributed by atoms with van der Waals surface area (Å²) >= 11 is 0. The van der Waals surface area contributed by atoms with E-state index in [0.717, 1.165) is 0 Å². The molecule has 0 saturated heterocycles. The van der Waals surface area contributed by atoms with Gasteiger partial charge in [-0.25, -0.2) is 0 Å². The maximum absolute atomic E-state index is 2.50. The van der Waals surface area contributed by atoms with Gasteiger partial charge in [-0.05, 0) is 58.3 Å². The van der Waals surface area contributed by atoms with Crippen molar-refractivity contribution in [3.63, 3.8) is 0 Å². The largest absolute Gasteiger partial charge is 0.309 e. The molecule has 0 radical (unpaired) electrons. The van der Waals surface area contributed by atoms with Crippen LogP contribution in [0.2, 0.25) is 0 Å². The Labute approximate surface area is 242 Å². The van der Waals surface area contributed by atoms with Crippen molar-refractivity contribution in [1.29, 1.82) is 0 Å². The minimum absolute atomic E-state index is 1.18. The van der Waals surface area contributed by atoms with Gasteiger partial charge in [0, 0.05) is 44.0 Å². The van der Waals surface area contributed by atoms with Crippen LogP contribution in [-0.2, 0) is 0 Å². The lowest BCUT2D eigenvalue weighted by molar-refractivity contribution is 1.17. The van der Waals surface area contributed by atoms with Crippen LogP contribution in [0.25, 0.3) is 88.0 Å². The van der Waals surface area contributed by atoms with Gasteiger partial charge in [-0.3, -0.25) is 0 Å². The van der Waals surface area contributed by atoms with E-state index in [2.05, 4.69) is 155 Å². The Kier molecular flexibility index (Phi) is 4.21. The van der Waals surface area contributed by atoms with Crippen molar-refractivity contribution in [2.24, 2.45) is 0 Å². The quantitative estimate of drug-likeness (QED) is 0.210. The summed E-state index contributed by atoms with van der Waals surface area (Å²) in [6.07, 6.45) is 0. The number of fused-ring (bicyclic) bond motifs is 12. The maximum Gasteiger partial charge on any atom is 0.0633 e. The van der Waals surface area contributed by atoms with Gasteiger partial charge in [-0.1, -0.05) is 109 Å². The normalized spacial score (nSPS) is 12.3. The van der Waals surface area contributed by atoms with Crippen LogP contribution in [0.15, 0.2) is 146 Å². The van der Waals surface area contributed by atoms with Crippen LogP contribution in [0.5, 0.6) is 0 Å². The highest BCUT2D eigenvalue weighted by Gasteiger charge is 2.33. The van der Waals surface area contributed by atoms with E-state index in [1.165, 1.54) is 88.0 Å². The molecule has 1 aliphatic rings. The summed E-state index contributed by atoms with van der Waals surface area (Å²) in [7, 11) is 0. The van der Waals surface area contributed by atoms with Crippen LogP contribution in [0.1, 0.15) is 0 Å². The Balaban J connectivity index is 1.60. The van der Waals surface area contributed by atoms with Crippen LogP contribution in [0.4, 0.5) is 0 Å². The first-order valence-corrected chi connectivity index (χ1v) is 14.6. The average Bonchev–Trinajstić information content (AvgIpc) is 3.69. The second kappa shape index (κ2) is 7.99. The predicted octanol–water partition coefficient (Wildman–Crippen LogP) is 10.7. The lowest BCUT2D eigenvalue weighted by Gasteiger charge is -2.15. The standard InChI is InChI=1S/C40H24N2/c1-3-15-26(16-4-1)41-32-23-9-7-19-28(32)35-36-29-20-8-10-24-33(29)42(27-17-5-2-6-18-27)40(36)38-31-22-12-14-25-13-11-21-30(34(25)31)37(38)39(35)41/h1-24H. The molecule has 0 aliphatic heterocycles. The molecule has 2 nitrogen and oxygen atoms in total. The van der Waals surface area contributed by atoms with Crippen LogP contribution in [0, 0.1) is 0 Å². The van der Waals surface area contributed by atoms with Gasteiger partial charge < -0.3 is 9.13 Å². The van der Waals surface area contributed by atoms with Gasteiger partial charge in [0.1, 0.15) is 0 Å². The fourth-order valence-corrected chi connectivity index (χ4v) is 7.67. The van der Waals surface area contributed by atoms with E-state index < -0.39 is 0 Å². The number of para-hydroxylation sites is 4. The monoisotopic (exact) mass is 532 g/mol. The van der Waals surface area contributed by atoms with E-state index in [1.54, 1.807) is 0 Å². The lowest BCUT2D eigenvalue weighted by atomic mass is 9.95. The van der Waals surface area contributed by atoms with Crippen LogP contribution >= 0.6 is 0 Å². The molecule has 2 heteroatoms. The van der Waals surface area contributed by atoms with Gasteiger partial charge >= 0.3 is 0 Å². The highest BCUT2D eigenvalue weighted by atomic mass is 15.0. The summed E-state index contributed by atoms with van der Waals surface area (Å²) in [4.78, 5) is 0. The summed E-state index contributed by atoms with van der Waals surface area (Å²) in [6.45, 7) is 0. The molecule has 0 unspecified atom stereocenters. The summed E-state index contributed by atoms with van der Waals surface area (Å²) in [5, 5.41) is 7.83. The topological polar surface area (TPSA) is 9.86 Å². The molecule has 0 atom stereocenters. The molecule has 0 N–H and O–H groups in total.